The number of halogens is 1. The van der Waals surface area contributed by atoms with Crippen LogP contribution in [0.25, 0.3) is 0 Å². The molecule has 1 heterocycles. The van der Waals surface area contributed by atoms with Gasteiger partial charge in [0.25, 0.3) is 0 Å². The third-order valence-electron chi connectivity index (χ3n) is 2.28. The summed E-state index contributed by atoms with van der Waals surface area (Å²) in [5.41, 5.74) is 1.06. The molecule has 0 saturated heterocycles. The highest BCUT2D eigenvalue weighted by Crippen LogP contribution is 2.26. The molecule has 0 unspecified atom stereocenters. The molecule has 0 saturated carbocycles. The number of rotatable bonds is 5. The van der Waals surface area contributed by atoms with E-state index in [1.54, 1.807) is 7.11 Å². The number of anilines is 1. The molecule has 0 atom stereocenters. The molecule has 0 fully saturated rings. The first kappa shape index (κ1) is 15.4. The normalized spacial score (nSPS) is 11.7. The highest BCUT2D eigenvalue weighted by Gasteiger charge is 2.17. The van der Waals surface area contributed by atoms with Crippen molar-refractivity contribution < 1.29 is 4.74 Å². The Kier molecular flexibility index (Phi) is 5.53. The van der Waals surface area contributed by atoms with Crippen molar-refractivity contribution in [3.8, 4) is 0 Å². The number of ether oxygens (including phenoxy) is 1. The Balaban J connectivity index is 3.11. The van der Waals surface area contributed by atoms with Gasteiger partial charge in [-0.1, -0.05) is 20.8 Å². The molecule has 18 heavy (non-hydrogen) atoms. The van der Waals surface area contributed by atoms with Crippen LogP contribution >= 0.6 is 15.9 Å². The summed E-state index contributed by atoms with van der Waals surface area (Å²) in [7, 11) is 1.67. The van der Waals surface area contributed by atoms with E-state index in [0.717, 1.165) is 34.8 Å². The van der Waals surface area contributed by atoms with Gasteiger partial charge < -0.3 is 10.1 Å². The molecule has 0 aromatic carbocycles. The van der Waals surface area contributed by atoms with Crippen molar-refractivity contribution in [2.24, 2.45) is 5.41 Å². The fourth-order valence-corrected chi connectivity index (χ4v) is 2.05. The van der Waals surface area contributed by atoms with E-state index in [2.05, 4.69) is 52.0 Å². The molecule has 1 aromatic rings. The van der Waals surface area contributed by atoms with Gasteiger partial charge >= 0.3 is 0 Å². The number of nitrogens with one attached hydrogen (secondary N) is 1. The van der Waals surface area contributed by atoms with E-state index in [1.807, 2.05) is 6.92 Å². The van der Waals surface area contributed by atoms with Crippen LogP contribution < -0.4 is 5.32 Å². The summed E-state index contributed by atoms with van der Waals surface area (Å²) in [6, 6.07) is 0. The highest BCUT2D eigenvalue weighted by molar-refractivity contribution is 9.10. The Morgan fingerprint density at radius 1 is 1.28 bits per heavy atom. The van der Waals surface area contributed by atoms with E-state index in [0.29, 0.717) is 6.61 Å². The van der Waals surface area contributed by atoms with E-state index in [9.17, 15) is 0 Å². The van der Waals surface area contributed by atoms with Crippen LogP contribution in [0.3, 0.4) is 0 Å². The van der Waals surface area contributed by atoms with Crippen molar-refractivity contribution >= 4 is 21.7 Å². The zero-order valence-corrected chi connectivity index (χ0v) is 13.4. The molecule has 1 rings (SSSR count). The number of aromatic nitrogens is 2. The van der Waals surface area contributed by atoms with Gasteiger partial charge in [0.05, 0.1) is 16.8 Å². The standard InChI is InChI=1S/C13H22BrN3O/c1-6-15-12-11(14)9(8-18-5)16-10(17-12)7-13(2,3)4/h6-8H2,1-5H3,(H,15,16,17). The van der Waals surface area contributed by atoms with Crippen LogP contribution in [0.2, 0.25) is 0 Å². The lowest BCUT2D eigenvalue weighted by Gasteiger charge is -2.18. The van der Waals surface area contributed by atoms with Gasteiger partial charge in [0.1, 0.15) is 11.6 Å². The second-order valence-electron chi connectivity index (χ2n) is 5.45. The van der Waals surface area contributed by atoms with Crippen molar-refractivity contribution in [3.63, 3.8) is 0 Å². The molecule has 0 spiro atoms. The van der Waals surface area contributed by atoms with Crippen LogP contribution in [0.5, 0.6) is 0 Å². The van der Waals surface area contributed by atoms with Gasteiger partial charge in [0, 0.05) is 20.1 Å². The average molecular weight is 316 g/mol. The van der Waals surface area contributed by atoms with Gasteiger partial charge in [-0.2, -0.15) is 0 Å². The summed E-state index contributed by atoms with van der Waals surface area (Å²) in [4.78, 5) is 9.13. The molecule has 0 bridgehead atoms. The molecular weight excluding hydrogens is 294 g/mol. The van der Waals surface area contributed by atoms with Gasteiger partial charge in [0.2, 0.25) is 0 Å². The van der Waals surface area contributed by atoms with E-state index in [-0.39, 0.29) is 5.41 Å². The molecule has 5 heteroatoms. The lowest BCUT2D eigenvalue weighted by Crippen LogP contribution is -2.15. The minimum absolute atomic E-state index is 0.168. The van der Waals surface area contributed by atoms with Crippen LogP contribution in [0, 0.1) is 5.41 Å². The van der Waals surface area contributed by atoms with Gasteiger partial charge in [0.15, 0.2) is 0 Å². The predicted octanol–water partition coefficient (Wildman–Crippen LogP) is 3.41. The maximum atomic E-state index is 5.18. The van der Waals surface area contributed by atoms with Gasteiger partial charge in [-0.05, 0) is 28.3 Å². The molecule has 0 aliphatic heterocycles. The first-order chi connectivity index (χ1) is 8.37. The van der Waals surface area contributed by atoms with Gasteiger partial charge in [-0.15, -0.1) is 0 Å². The lowest BCUT2D eigenvalue weighted by molar-refractivity contribution is 0.180. The topological polar surface area (TPSA) is 47.0 Å². The maximum absolute atomic E-state index is 5.18. The Morgan fingerprint density at radius 2 is 1.94 bits per heavy atom. The minimum Gasteiger partial charge on any atom is -0.378 e. The Morgan fingerprint density at radius 3 is 2.44 bits per heavy atom. The van der Waals surface area contributed by atoms with E-state index < -0.39 is 0 Å². The van der Waals surface area contributed by atoms with Crippen LogP contribution in [-0.2, 0) is 17.8 Å². The number of hydrogen-bond acceptors (Lipinski definition) is 4. The molecule has 0 aliphatic carbocycles. The second kappa shape index (κ2) is 6.48. The molecule has 0 aliphatic rings. The van der Waals surface area contributed by atoms with Crippen LogP contribution in [0.4, 0.5) is 5.82 Å². The van der Waals surface area contributed by atoms with Crippen LogP contribution in [-0.4, -0.2) is 23.6 Å². The first-order valence-corrected chi connectivity index (χ1v) is 6.94. The largest absolute Gasteiger partial charge is 0.378 e. The average Bonchev–Trinajstić information content (AvgIpc) is 2.23. The molecule has 4 nitrogen and oxygen atoms in total. The summed E-state index contributed by atoms with van der Waals surface area (Å²) in [5, 5.41) is 3.25. The SMILES string of the molecule is CCNc1nc(CC(C)(C)C)nc(COC)c1Br. The molecule has 0 amide bonds. The monoisotopic (exact) mass is 315 g/mol. The summed E-state index contributed by atoms with van der Waals surface area (Å²) in [5.74, 6) is 1.70. The fraction of sp³-hybridized carbons (Fsp3) is 0.692. The molecular formula is C13H22BrN3O. The van der Waals surface area contributed by atoms with E-state index in [4.69, 9.17) is 4.74 Å². The third-order valence-corrected chi connectivity index (χ3v) is 3.11. The summed E-state index contributed by atoms with van der Waals surface area (Å²) < 4.78 is 6.07. The highest BCUT2D eigenvalue weighted by atomic mass is 79.9. The Labute approximate surface area is 118 Å². The minimum atomic E-state index is 0.168. The van der Waals surface area contributed by atoms with Crippen LogP contribution in [0.1, 0.15) is 39.2 Å². The number of hydrogen-bond donors (Lipinski definition) is 1. The van der Waals surface area contributed by atoms with Crippen molar-refractivity contribution in [1.29, 1.82) is 0 Å². The predicted molar refractivity (Wildman–Crippen MR) is 77.8 cm³/mol. The quantitative estimate of drug-likeness (QED) is 0.904. The molecule has 0 radical (unpaired) electrons. The Bertz CT molecular complexity index is 375. The number of nitrogens with zero attached hydrogens (tertiary/aromatic N) is 2. The van der Waals surface area contributed by atoms with Crippen LogP contribution in [0.15, 0.2) is 4.47 Å². The molecule has 1 N–H and O–H groups in total. The second-order valence-corrected chi connectivity index (χ2v) is 6.24. The van der Waals surface area contributed by atoms with Crippen molar-refractivity contribution in [2.45, 2.75) is 40.7 Å². The Hall–Kier alpha value is -0.680. The summed E-state index contributed by atoms with van der Waals surface area (Å²) in [6.45, 7) is 9.91. The smallest absolute Gasteiger partial charge is 0.144 e. The van der Waals surface area contributed by atoms with Crippen molar-refractivity contribution in [2.75, 3.05) is 19.0 Å². The van der Waals surface area contributed by atoms with E-state index in [1.165, 1.54) is 0 Å². The number of methoxy groups -OCH3 is 1. The fourth-order valence-electron chi connectivity index (χ4n) is 1.62. The van der Waals surface area contributed by atoms with Crippen molar-refractivity contribution in [1.82, 2.24) is 9.97 Å². The van der Waals surface area contributed by atoms with Gasteiger partial charge in [-0.3, -0.25) is 0 Å². The third kappa shape index (κ3) is 4.53. The zero-order valence-electron chi connectivity index (χ0n) is 11.8. The zero-order chi connectivity index (χ0) is 13.8. The molecule has 102 valence electrons. The van der Waals surface area contributed by atoms with Crippen molar-refractivity contribution in [3.05, 3.63) is 16.0 Å². The van der Waals surface area contributed by atoms with Gasteiger partial charge in [-0.25, -0.2) is 9.97 Å². The van der Waals surface area contributed by atoms with E-state index >= 15 is 0 Å². The summed E-state index contributed by atoms with van der Waals surface area (Å²) in [6.07, 6.45) is 0.843. The lowest BCUT2D eigenvalue weighted by atomic mass is 9.92. The first-order valence-electron chi connectivity index (χ1n) is 6.15. The maximum Gasteiger partial charge on any atom is 0.144 e. The summed E-state index contributed by atoms with van der Waals surface area (Å²) >= 11 is 3.53. The molecule has 1 aromatic heterocycles.